The summed E-state index contributed by atoms with van der Waals surface area (Å²) in [6.07, 6.45) is 0. The van der Waals surface area contributed by atoms with Gasteiger partial charge in [0.1, 0.15) is 11.5 Å². The maximum Gasteiger partial charge on any atom is 0.135 e. The van der Waals surface area contributed by atoms with Crippen molar-refractivity contribution in [3.8, 4) is 67.1 Å². The van der Waals surface area contributed by atoms with E-state index in [2.05, 4.69) is 182 Å². The van der Waals surface area contributed by atoms with Crippen LogP contribution in [0.15, 0.2) is 182 Å². The van der Waals surface area contributed by atoms with Crippen LogP contribution in [0.25, 0.3) is 77.2 Å². The highest BCUT2D eigenvalue weighted by Crippen LogP contribution is 2.63. The fourth-order valence-electron chi connectivity index (χ4n) is 9.80. The molecule has 0 saturated heterocycles. The van der Waals surface area contributed by atoms with E-state index < -0.39 is 0 Å². The molecule has 0 atom stereocenters. The van der Waals surface area contributed by atoms with Gasteiger partial charge in [-0.3, -0.25) is 0 Å². The van der Waals surface area contributed by atoms with Crippen molar-refractivity contribution >= 4 is 21.5 Å². The molecule has 2 aliphatic carbocycles. The lowest BCUT2D eigenvalue weighted by Crippen LogP contribution is -2.25. The van der Waals surface area contributed by atoms with Crippen molar-refractivity contribution in [3.05, 3.63) is 204 Å². The first-order chi connectivity index (χ1) is 25.8. The first-order valence-electron chi connectivity index (χ1n) is 18.1. The van der Waals surface area contributed by atoms with E-state index in [1.54, 1.807) is 0 Å². The molecule has 0 N–H and O–H groups in total. The summed E-state index contributed by atoms with van der Waals surface area (Å²) in [7, 11) is 0. The average Bonchev–Trinajstić information content (AvgIpc) is 3.68. The molecule has 0 unspecified atom stereocenters. The van der Waals surface area contributed by atoms with Gasteiger partial charge in [0.05, 0.1) is 5.41 Å². The second-order valence-electron chi connectivity index (χ2n) is 14.3. The zero-order valence-electron chi connectivity index (χ0n) is 28.2. The number of benzene rings is 9. The Hall–Kier alpha value is -6.70. The maximum atomic E-state index is 6.45. The molecule has 240 valence electrons. The van der Waals surface area contributed by atoms with Crippen LogP contribution in [-0.2, 0) is 5.41 Å². The Balaban J connectivity index is 1.06. The van der Waals surface area contributed by atoms with E-state index in [0.29, 0.717) is 0 Å². The first-order valence-corrected chi connectivity index (χ1v) is 18.1. The second-order valence-corrected chi connectivity index (χ2v) is 14.3. The van der Waals surface area contributed by atoms with Crippen molar-refractivity contribution in [2.45, 2.75) is 5.41 Å². The molecule has 0 bridgehead atoms. The van der Waals surface area contributed by atoms with E-state index >= 15 is 0 Å². The van der Waals surface area contributed by atoms with Gasteiger partial charge < -0.3 is 4.74 Å². The third-order valence-electron chi connectivity index (χ3n) is 11.9. The zero-order valence-corrected chi connectivity index (χ0v) is 28.2. The molecule has 1 spiro atoms. The monoisotopic (exact) mass is 658 g/mol. The highest BCUT2D eigenvalue weighted by Gasteiger charge is 2.51. The lowest BCUT2D eigenvalue weighted by molar-refractivity contribution is 0.487. The summed E-state index contributed by atoms with van der Waals surface area (Å²) in [4.78, 5) is 0. The summed E-state index contributed by atoms with van der Waals surface area (Å²) in [6.45, 7) is 0. The Morgan fingerprint density at radius 2 is 0.808 bits per heavy atom. The highest BCUT2D eigenvalue weighted by molar-refractivity contribution is 6.08. The van der Waals surface area contributed by atoms with Crippen LogP contribution in [0.2, 0.25) is 0 Å². The normalized spacial score (nSPS) is 13.7. The maximum absolute atomic E-state index is 6.45. The molecule has 3 aliphatic rings. The van der Waals surface area contributed by atoms with Crippen LogP contribution in [0.3, 0.4) is 0 Å². The van der Waals surface area contributed by atoms with Crippen molar-refractivity contribution < 1.29 is 4.74 Å². The topological polar surface area (TPSA) is 9.23 Å². The molecule has 9 aromatic rings. The van der Waals surface area contributed by atoms with Gasteiger partial charge in [0.15, 0.2) is 0 Å². The molecule has 52 heavy (non-hydrogen) atoms. The molecule has 1 heterocycles. The number of hydrogen-bond donors (Lipinski definition) is 0. The van der Waals surface area contributed by atoms with Gasteiger partial charge in [0.25, 0.3) is 0 Å². The Labute approximate surface area is 302 Å². The summed E-state index contributed by atoms with van der Waals surface area (Å²) < 4.78 is 6.45. The Kier molecular flexibility index (Phi) is 5.49. The van der Waals surface area contributed by atoms with Crippen molar-refractivity contribution in [3.63, 3.8) is 0 Å². The Morgan fingerprint density at radius 3 is 1.46 bits per heavy atom. The lowest BCUT2D eigenvalue weighted by Gasteiger charge is -2.30. The van der Waals surface area contributed by atoms with Gasteiger partial charge in [-0.25, -0.2) is 0 Å². The van der Waals surface area contributed by atoms with Gasteiger partial charge >= 0.3 is 0 Å². The highest BCUT2D eigenvalue weighted by atomic mass is 16.5. The largest absolute Gasteiger partial charge is 0.456 e. The minimum atomic E-state index is -0.364. The third-order valence-corrected chi connectivity index (χ3v) is 11.9. The smallest absolute Gasteiger partial charge is 0.135 e. The van der Waals surface area contributed by atoms with Gasteiger partial charge in [-0.15, -0.1) is 0 Å². The molecule has 0 saturated carbocycles. The van der Waals surface area contributed by atoms with Gasteiger partial charge in [-0.2, -0.15) is 0 Å². The summed E-state index contributed by atoms with van der Waals surface area (Å²) in [5.74, 6) is 1.82. The third kappa shape index (κ3) is 3.52. The van der Waals surface area contributed by atoms with Gasteiger partial charge in [0, 0.05) is 10.9 Å². The molecule has 0 fully saturated rings. The van der Waals surface area contributed by atoms with Crippen molar-refractivity contribution in [1.29, 1.82) is 0 Å². The summed E-state index contributed by atoms with van der Waals surface area (Å²) in [5, 5.41) is 4.87. The summed E-state index contributed by atoms with van der Waals surface area (Å²) in [6, 6.07) is 67.3. The zero-order chi connectivity index (χ0) is 34.0. The Bertz CT molecular complexity index is 2930. The molecule has 9 aromatic carbocycles. The molecule has 0 aromatic heterocycles. The number of hydrogen-bond acceptors (Lipinski definition) is 1. The fourth-order valence-corrected chi connectivity index (χ4v) is 9.80. The van der Waals surface area contributed by atoms with Gasteiger partial charge in [-0.05, 0) is 113 Å². The fraction of sp³-hybridized carbons (Fsp3) is 0.0196. The lowest BCUT2D eigenvalue weighted by atomic mass is 9.70. The van der Waals surface area contributed by atoms with E-state index in [9.17, 15) is 0 Å². The minimum Gasteiger partial charge on any atom is -0.456 e. The van der Waals surface area contributed by atoms with Crippen molar-refractivity contribution in [2.24, 2.45) is 0 Å². The standard InChI is InChI=1S/C51H30O/c1-2-14-37-35(27-26-34(36(37)13-1)32-24-28-48-43(29-32)42-18-9-11-31-12-10-22-49(52-48)50(31)42)33-23-25-41-40-17-5-8-21-46(40)51(47(41)30-33)44-19-6-3-15-38(44)39-16-4-7-20-45(39)51/h1-30H. The van der Waals surface area contributed by atoms with Gasteiger partial charge in [0.2, 0.25) is 0 Å². The van der Waals surface area contributed by atoms with E-state index in [-0.39, 0.29) is 5.41 Å². The van der Waals surface area contributed by atoms with Crippen LogP contribution >= 0.6 is 0 Å². The predicted molar refractivity (Wildman–Crippen MR) is 214 cm³/mol. The molecule has 0 radical (unpaired) electrons. The van der Waals surface area contributed by atoms with Crippen molar-refractivity contribution in [2.75, 3.05) is 0 Å². The molecular formula is C51H30O. The second kappa shape index (κ2) is 10.2. The van der Waals surface area contributed by atoms with Crippen LogP contribution in [0, 0.1) is 0 Å². The first kappa shape index (κ1) is 28.0. The van der Waals surface area contributed by atoms with Crippen LogP contribution < -0.4 is 4.74 Å². The minimum absolute atomic E-state index is 0.364. The molecule has 0 amide bonds. The van der Waals surface area contributed by atoms with E-state index in [1.165, 1.54) is 93.9 Å². The van der Waals surface area contributed by atoms with E-state index in [0.717, 1.165) is 17.1 Å². The SMILES string of the molecule is c1ccc2c(c1)-c1ccccc1C21c2ccccc2-c2ccc(-c3ccc(-c4ccc5c(c4)-c4cccc6cccc(c46)O5)c4ccccc34)cc21. The van der Waals surface area contributed by atoms with Crippen LogP contribution in [0.4, 0.5) is 0 Å². The van der Waals surface area contributed by atoms with Crippen molar-refractivity contribution in [1.82, 2.24) is 0 Å². The average molecular weight is 659 g/mol. The molecule has 1 heteroatoms. The Morgan fingerprint density at radius 1 is 0.308 bits per heavy atom. The van der Waals surface area contributed by atoms with E-state index in [4.69, 9.17) is 4.74 Å². The quantitative estimate of drug-likeness (QED) is 0.180. The van der Waals surface area contributed by atoms with E-state index in [1.807, 2.05) is 0 Å². The molecule has 12 rings (SSSR count). The molecule has 1 aliphatic heterocycles. The number of fused-ring (bicyclic) bond motifs is 13. The van der Waals surface area contributed by atoms with Crippen LogP contribution in [0.1, 0.15) is 22.3 Å². The predicted octanol–water partition coefficient (Wildman–Crippen LogP) is 13.4. The summed E-state index contributed by atoms with van der Waals surface area (Å²) >= 11 is 0. The molecular weight excluding hydrogens is 629 g/mol. The summed E-state index contributed by atoms with van der Waals surface area (Å²) in [5.41, 5.74) is 17.6. The van der Waals surface area contributed by atoms with Gasteiger partial charge in [-0.1, -0.05) is 158 Å². The number of ether oxygens (including phenoxy) is 1. The van der Waals surface area contributed by atoms with Crippen LogP contribution in [0.5, 0.6) is 11.5 Å². The number of rotatable bonds is 2. The molecule has 1 nitrogen and oxygen atoms in total. The van der Waals surface area contributed by atoms with Crippen LogP contribution in [-0.4, -0.2) is 0 Å².